The Morgan fingerprint density at radius 3 is 2.40 bits per heavy atom. The summed E-state index contributed by atoms with van der Waals surface area (Å²) in [5.41, 5.74) is 1.10. The van der Waals surface area contributed by atoms with Gasteiger partial charge in [0.1, 0.15) is 5.75 Å². The zero-order valence-corrected chi connectivity index (χ0v) is 15.4. The van der Waals surface area contributed by atoms with E-state index in [4.69, 9.17) is 4.74 Å². The van der Waals surface area contributed by atoms with Crippen LogP contribution in [0.4, 0.5) is 5.69 Å². The van der Waals surface area contributed by atoms with Crippen molar-refractivity contribution in [1.29, 1.82) is 0 Å². The normalized spacial score (nSPS) is 17.5. The number of hydrogen-bond donors (Lipinski definition) is 1. The molecule has 1 fully saturated rings. The molecule has 5 heteroatoms. The van der Waals surface area contributed by atoms with Crippen molar-refractivity contribution in [3.63, 3.8) is 0 Å². The molecular formula is C15H22Br2N2O. The molecule has 1 N–H and O–H groups in total. The fourth-order valence-electron chi connectivity index (χ4n) is 2.58. The molecule has 1 aromatic rings. The zero-order valence-electron chi connectivity index (χ0n) is 12.2. The van der Waals surface area contributed by atoms with Crippen molar-refractivity contribution in [2.45, 2.75) is 38.8 Å². The van der Waals surface area contributed by atoms with Gasteiger partial charge in [-0.3, -0.25) is 0 Å². The van der Waals surface area contributed by atoms with Crippen molar-refractivity contribution in [2.75, 3.05) is 25.5 Å². The van der Waals surface area contributed by atoms with Crippen LogP contribution in [0, 0.1) is 0 Å². The minimum absolute atomic E-state index is 0.534. The summed E-state index contributed by atoms with van der Waals surface area (Å²) >= 11 is 7.11. The predicted molar refractivity (Wildman–Crippen MR) is 91.7 cm³/mol. The van der Waals surface area contributed by atoms with Crippen molar-refractivity contribution < 1.29 is 4.74 Å². The molecule has 20 heavy (non-hydrogen) atoms. The molecule has 0 radical (unpaired) electrons. The van der Waals surface area contributed by atoms with Gasteiger partial charge in [0.15, 0.2) is 0 Å². The van der Waals surface area contributed by atoms with Crippen LogP contribution in [0.5, 0.6) is 5.75 Å². The Balaban J connectivity index is 2.01. The van der Waals surface area contributed by atoms with Gasteiger partial charge in [0, 0.05) is 35.7 Å². The third-order valence-electron chi connectivity index (χ3n) is 3.86. The lowest BCUT2D eigenvalue weighted by Crippen LogP contribution is -2.42. The summed E-state index contributed by atoms with van der Waals surface area (Å²) in [6.07, 6.45) is 2.37. The molecule has 3 nitrogen and oxygen atoms in total. The Kier molecular flexibility index (Phi) is 5.75. The Morgan fingerprint density at radius 1 is 1.20 bits per heavy atom. The first-order valence-corrected chi connectivity index (χ1v) is 8.63. The minimum Gasteiger partial charge on any atom is -0.495 e. The summed E-state index contributed by atoms with van der Waals surface area (Å²) in [6.45, 7) is 6.87. The van der Waals surface area contributed by atoms with Crippen LogP contribution < -0.4 is 10.1 Å². The number of piperidine rings is 1. The maximum Gasteiger partial charge on any atom is 0.135 e. The molecule has 1 aliphatic heterocycles. The molecular weight excluding hydrogens is 384 g/mol. The van der Waals surface area contributed by atoms with Gasteiger partial charge in [-0.25, -0.2) is 0 Å². The number of methoxy groups -OCH3 is 1. The molecule has 0 aromatic heterocycles. The summed E-state index contributed by atoms with van der Waals surface area (Å²) in [4.78, 5) is 2.54. The molecule has 1 aromatic carbocycles. The number of nitrogens with zero attached hydrogens (tertiary/aromatic N) is 1. The van der Waals surface area contributed by atoms with Gasteiger partial charge in [-0.1, -0.05) is 0 Å². The van der Waals surface area contributed by atoms with Gasteiger partial charge >= 0.3 is 0 Å². The largest absolute Gasteiger partial charge is 0.495 e. The highest BCUT2D eigenvalue weighted by atomic mass is 79.9. The lowest BCUT2D eigenvalue weighted by Gasteiger charge is -2.35. The number of rotatable bonds is 4. The third-order valence-corrected chi connectivity index (χ3v) is 5.14. The monoisotopic (exact) mass is 404 g/mol. The number of anilines is 1. The van der Waals surface area contributed by atoms with Gasteiger partial charge in [0.25, 0.3) is 0 Å². The topological polar surface area (TPSA) is 24.5 Å². The predicted octanol–water partition coefficient (Wildman–Crippen LogP) is 4.50. The molecule has 0 unspecified atom stereocenters. The van der Waals surface area contributed by atoms with E-state index in [1.807, 2.05) is 12.1 Å². The van der Waals surface area contributed by atoms with Gasteiger partial charge in [0.2, 0.25) is 0 Å². The smallest absolute Gasteiger partial charge is 0.135 e. The second-order valence-electron chi connectivity index (χ2n) is 5.51. The van der Waals surface area contributed by atoms with E-state index < -0.39 is 0 Å². The van der Waals surface area contributed by atoms with E-state index in [1.165, 1.54) is 25.9 Å². The maximum atomic E-state index is 5.36. The van der Waals surface area contributed by atoms with Crippen LogP contribution in [0.25, 0.3) is 0 Å². The van der Waals surface area contributed by atoms with Crippen molar-refractivity contribution in [3.8, 4) is 5.75 Å². The first kappa shape index (κ1) is 16.1. The van der Waals surface area contributed by atoms with E-state index in [2.05, 4.69) is 55.9 Å². The van der Waals surface area contributed by atoms with Crippen LogP contribution in [0.1, 0.15) is 26.7 Å². The molecule has 112 valence electrons. The lowest BCUT2D eigenvalue weighted by atomic mass is 10.0. The third kappa shape index (κ3) is 3.89. The average Bonchev–Trinajstić information content (AvgIpc) is 2.42. The molecule has 0 spiro atoms. The summed E-state index contributed by atoms with van der Waals surface area (Å²) in [5.74, 6) is 0.857. The van der Waals surface area contributed by atoms with Crippen LogP contribution in [-0.2, 0) is 0 Å². The highest BCUT2D eigenvalue weighted by molar-refractivity contribution is 9.11. The molecule has 0 bridgehead atoms. The molecule has 0 saturated carbocycles. The lowest BCUT2D eigenvalue weighted by molar-refractivity contribution is 0.177. The first-order valence-electron chi connectivity index (χ1n) is 7.05. The van der Waals surface area contributed by atoms with Gasteiger partial charge in [-0.05, 0) is 64.6 Å². The summed E-state index contributed by atoms with van der Waals surface area (Å²) in [6, 6.07) is 5.26. The Hall–Kier alpha value is -0.260. The molecule has 0 amide bonds. The number of likely N-dealkylation sites (tertiary alicyclic amines) is 1. The number of ether oxygens (including phenoxy) is 1. The number of halogens is 2. The zero-order chi connectivity index (χ0) is 14.7. The Morgan fingerprint density at radius 2 is 1.85 bits per heavy atom. The van der Waals surface area contributed by atoms with Gasteiger partial charge < -0.3 is 15.0 Å². The first-order chi connectivity index (χ1) is 9.51. The molecule has 1 heterocycles. The van der Waals surface area contributed by atoms with Gasteiger partial charge in [-0.15, -0.1) is 0 Å². The molecule has 0 aliphatic carbocycles. The van der Waals surface area contributed by atoms with Gasteiger partial charge in [-0.2, -0.15) is 0 Å². The second-order valence-corrected chi connectivity index (χ2v) is 7.22. The van der Waals surface area contributed by atoms with Crippen LogP contribution in [0.2, 0.25) is 0 Å². The SMILES string of the molecule is COc1cc(NC2CCN(C(C)C)CC2)c(Br)cc1Br. The second kappa shape index (κ2) is 7.14. The Bertz CT molecular complexity index is 457. The summed E-state index contributed by atoms with van der Waals surface area (Å²) in [7, 11) is 1.69. The fourth-order valence-corrected chi connectivity index (χ4v) is 3.85. The molecule has 1 saturated heterocycles. The number of hydrogen-bond acceptors (Lipinski definition) is 3. The molecule has 2 rings (SSSR count). The summed E-state index contributed by atoms with van der Waals surface area (Å²) < 4.78 is 7.39. The van der Waals surface area contributed by atoms with Crippen LogP contribution in [-0.4, -0.2) is 37.2 Å². The van der Waals surface area contributed by atoms with E-state index in [-0.39, 0.29) is 0 Å². The van der Waals surface area contributed by atoms with E-state index >= 15 is 0 Å². The van der Waals surface area contributed by atoms with E-state index in [0.29, 0.717) is 12.1 Å². The molecule has 0 atom stereocenters. The van der Waals surface area contributed by atoms with E-state index in [1.54, 1.807) is 7.11 Å². The van der Waals surface area contributed by atoms with Gasteiger partial charge in [0.05, 0.1) is 17.3 Å². The average molecular weight is 406 g/mol. The van der Waals surface area contributed by atoms with Crippen LogP contribution in [0.15, 0.2) is 21.1 Å². The quantitative estimate of drug-likeness (QED) is 0.797. The highest BCUT2D eigenvalue weighted by Gasteiger charge is 2.21. The van der Waals surface area contributed by atoms with E-state index in [9.17, 15) is 0 Å². The highest BCUT2D eigenvalue weighted by Crippen LogP contribution is 2.35. The van der Waals surface area contributed by atoms with Crippen molar-refractivity contribution >= 4 is 37.5 Å². The summed E-state index contributed by atoms with van der Waals surface area (Å²) in [5, 5.41) is 3.64. The number of benzene rings is 1. The Labute approximate surface area is 138 Å². The van der Waals surface area contributed by atoms with Crippen molar-refractivity contribution in [3.05, 3.63) is 21.1 Å². The van der Waals surface area contributed by atoms with Crippen molar-refractivity contribution in [2.24, 2.45) is 0 Å². The number of nitrogens with one attached hydrogen (secondary N) is 1. The van der Waals surface area contributed by atoms with E-state index in [0.717, 1.165) is 20.4 Å². The van der Waals surface area contributed by atoms with Crippen molar-refractivity contribution in [1.82, 2.24) is 4.90 Å². The minimum atomic E-state index is 0.534. The van der Waals surface area contributed by atoms with Crippen LogP contribution >= 0.6 is 31.9 Å². The van der Waals surface area contributed by atoms with Crippen LogP contribution in [0.3, 0.4) is 0 Å². The maximum absolute atomic E-state index is 5.36. The standard InChI is InChI=1S/C15H22Br2N2O/c1-10(2)19-6-4-11(5-7-19)18-14-9-15(20-3)13(17)8-12(14)16/h8-11,18H,4-7H2,1-3H3. The fraction of sp³-hybridized carbons (Fsp3) is 0.600. The molecule has 1 aliphatic rings.